The van der Waals surface area contributed by atoms with E-state index in [-0.39, 0.29) is 24.2 Å². The van der Waals surface area contributed by atoms with Crippen LogP contribution in [0.15, 0.2) is 5.38 Å². The molecule has 1 aliphatic heterocycles. The van der Waals surface area contributed by atoms with Crippen molar-refractivity contribution in [2.75, 3.05) is 13.1 Å². The number of thiazole rings is 1. The molecule has 2 rings (SSSR count). The second kappa shape index (κ2) is 8.60. The molecule has 114 valence electrons. The van der Waals surface area contributed by atoms with Crippen molar-refractivity contribution in [3.05, 3.63) is 16.1 Å². The van der Waals surface area contributed by atoms with Crippen LogP contribution >= 0.6 is 23.7 Å². The molecule has 1 saturated heterocycles. The van der Waals surface area contributed by atoms with Crippen molar-refractivity contribution in [2.45, 2.75) is 45.6 Å². The van der Waals surface area contributed by atoms with E-state index in [1.54, 1.807) is 11.3 Å². The number of nitrogens with one attached hydrogen (secondary N) is 2. The Bertz CT molecular complexity index is 424. The lowest BCUT2D eigenvalue weighted by Crippen LogP contribution is -2.42. The third-order valence-corrected chi connectivity index (χ3v) is 4.62. The van der Waals surface area contributed by atoms with E-state index < -0.39 is 0 Å². The van der Waals surface area contributed by atoms with Gasteiger partial charge in [0.05, 0.1) is 10.7 Å². The zero-order valence-corrected chi connectivity index (χ0v) is 13.8. The van der Waals surface area contributed by atoms with Gasteiger partial charge in [-0.2, -0.15) is 0 Å². The van der Waals surface area contributed by atoms with Crippen molar-refractivity contribution >= 4 is 29.7 Å². The molecule has 1 aromatic rings. The highest BCUT2D eigenvalue weighted by Gasteiger charge is 2.24. The minimum absolute atomic E-state index is 0. The summed E-state index contributed by atoms with van der Waals surface area (Å²) in [6.45, 7) is 5.90. The van der Waals surface area contributed by atoms with E-state index in [4.69, 9.17) is 0 Å². The maximum absolute atomic E-state index is 12.0. The second-order valence-electron chi connectivity index (χ2n) is 5.20. The van der Waals surface area contributed by atoms with Gasteiger partial charge < -0.3 is 10.6 Å². The molecule has 4 nitrogen and oxygen atoms in total. The van der Waals surface area contributed by atoms with E-state index in [2.05, 4.69) is 34.8 Å². The molecule has 6 heteroatoms. The van der Waals surface area contributed by atoms with E-state index in [0.29, 0.717) is 12.6 Å². The van der Waals surface area contributed by atoms with Gasteiger partial charge in [0.1, 0.15) is 0 Å². The summed E-state index contributed by atoms with van der Waals surface area (Å²) in [6, 6.07) is 0.454. The number of halogens is 1. The lowest BCUT2D eigenvalue weighted by molar-refractivity contribution is -0.126. The first-order valence-corrected chi connectivity index (χ1v) is 8.01. The number of hydrogen-bond donors (Lipinski definition) is 2. The number of piperidine rings is 1. The van der Waals surface area contributed by atoms with Crippen LogP contribution < -0.4 is 10.6 Å². The molecule has 0 radical (unpaired) electrons. The van der Waals surface area contributed by atoms with Crippen molar-refractivity contribution in [3.8, 4) is 0 Å². The zero-order valence-electron chi connectivity index (χ0n) is 12.1. The Labute approximate surface area is 131 Å². The molecule has 0 bridgehead atoms. The quantitative estimate of drug-likeness (QED) is 0.875. The smallest absolute Gasteiger partial charge is 0.223 e. The second-order valence-corrected chi connectivity index (χ2v) is 6.15. The molecule has 1 fully saturated rings. The monoisotopic (exact) mass is 317 g/mol. The molecule has 0 saturated carbocycles. The van der Waals surface area contributed by atoms with E-state index in [0.717, 1.165) is 37.9 Å². The van der Waals surface area contributed by atoms with Crippen LogP contribution in [-0.4, -0.2) is 30.0 Å². The van der Waals surface area contributed by atoms with Crippen LogP contribution in [0.2, 0.25) is 0 Å². The van der Waals surface area contributed by atoms with Crippen LogP contribution in [0.4, 0.5) is 0 Å². The number of amides is 1. The van der Waals surface area contributed by atoms with E-state index in [9.17, 15) is 4.79 Å². The Hall–Kier alpha value is -0.650. The van der Waals surface area contributed by atoms with Crippen molar-refractivity contribution in [1.29, 1.82) is 0 Å². The number of aryl methyl sites for hydroxylation is 1. The average molecular weight is 318 g/mol. The predicted molar refractivity (Wildman–Crippen MR) is 85.6 cm³/mol. The van der Waals surface area contributed by atoms with Gasteiger partial charge in [0.2, 0.25) is 5.91 Å². The fourth-order valence-electron chi connectivity index (χ4n) is 2.45. The van der Waals surface area contributed by atoms with Crippen molar-refractivity contribution in [3.63, 3.8) is 0 Å². The Kier molecular flexibility index (Phi) is 7.48. The molecule has 20 heavy (non-hydrogen) atoms. The van der Waals surface area contributed by atoms with Gasteiger partial charge >= 0.3 is 0 Å². The molecule has 1 amide bonds. The average Bonchev–Trinajstić information content (AvgIpc) is 2.86. The first-order valence-electron chi connectivity index (χ1n) is 7.13. The van der Waals surface area contributed by atoms with Gasteiger partial charge in [-0.25, -0.2) is 4.98 Å². The van der Waals surface area contributed by atoms with E-state index in [1.165, 1.54) is 5.01 Å². The zero-order chi connectivity index (χ0) is 13.7. The van der Waals surface area contributed by atoms with Crippen LogP contribution in [0.25, 0.3) is 0 Å². The summed E-state index contributed by atoms with van der Waals surface area (Å²) >= 11 is 1.70. The number of nitrogens with zero attached hydrogens (tertiary/aromatic N) is 1. The Balaban J connectivity index is 0.00000200. The lowest BCUT2D eigenvalue weighted by Gasteiger charge is -2.27. The molecule has 0 aliphatic carbocycles. The van der Waals surface area contributed by atoms with Crippen molar-refractivity contribution < 1.29 is 4.79 Å². The standard InChI is InChI=1S/C14H23N3OS.ClH/c1-3-13-17-12(9-19-13)5-7-16-14(18)11-4-6-15-10(2)8-11;/h9-11,15H,3-8H2,1-2H3,(H,16,18);1H/t10-,11-;/m0./s1. The summed E-state index contributed by atoms with van der Waals surface area (Å²) < 4.78 is 0. The van der Waals surface area contributed by atoms with Crippen molar-refractivity contribution in [2.24, 2.45) is 5.92 Å². The largest absolute Gasteiger partial charge is 0.355 e. The first-order chi connectivity index (χ1) is 9.19. The van der Waals surface area contributed by atoms with Crippen LogP contribution in [0.1, 0.15) is 37.4 Å². The molecule has 0 aromatic carbocycles. The maximum atomic E-state index is 12.0. The minimum atomic E-state index is 0. The highest BCUT2D eigenvalue weighted by Crippen LogP contribution is 2.16. The Morgan fingerprint density at radius 2 is 2.40 bits per heavy atom. The Morgan fingerprint density at radius 3 is 3.05 bits per heavy atom. The van der Waals surface area contributed by atoms with Crippen LogP contribution in [-0.2, 0) is 17.6 Å². The first kappa shape index (κ1) is 17.4. The van der Waals surface area contributed by atoms with Gasteiger partial charge in [-0.3, -0.25) is 4.79 Å². The van der Waals surface area contributed by atoms with E-state index >= 15 is 0 Å². The van der Waals surface area contributed by atoms with Crippen LogP contribution in [0.3, 0.4) is 0 Å². The number of hydrogen-bond acceptors (Lipinski definition) is 4. The molecular formula is C14H24ClN3OS. The van der Waals surface area contributed by atoms with Gasteiger partial charge in [-0.15, -0.1) is 23.7 Å². The van der Waals surface area contributed by atoms with E-state index in [1.807, 2.05) is 0 Å². The van der Waals surface area contributed by atoms with Gasteiger partial charge in [-0.1, -0.05) is 6.92 Å². The van der Waals surface area contributed by atoms with Crippen molar-refractivity contribution in [1.82, 2.24) is 15.6 Å². The molecule has 2 atom stereocenters. The normalized spacial score (nSPS) is 22.1. The number of carbonyl (C=O) groups excluding carboxylic acids is 1. The highest BCUT2D eigenvalue weighted by atomic mass is 35.5. The van der Waals surface area contributed by atoms with Gasteiger partial charge in [0.15, 0.2) is 0 Å². The molecular weight excluding hydrogens is 294 g/mol. The molecule has 0 unspecified atom stereocenters. The maximum Gasteiger partial charge on any atom is 0.223 e. The summed E-state index contributed by atoms with van der Waals surface area (Å²) in [5.41, 5.74) is 1.10. The molecule has 2 heterocycles. The van der Waals surface area contributed by atoms with Gasteiger partial charge in [0, 0.05) is 30.3 Å². The molecule has 0 spiro atoms. The SMILES string of the molecule is CCc1nc(CCNC(=O)[C@H]2CCN[C@@H](C)C2)cs1.Cl. The fourth-order valence-corrected chi connectivity index (χ4v) is 3.23. The molecule has 1 aromatic heterocycles. The Morgan fingerprint density at radius 1 is 1.60 bits per heavy atom. The summed E-state index contributed by atoms with van der Waals surface area (Å²) in [5, 5.41) is 9.69. The third kappa shape index (κ3) is 5.04. The topological polar surface area (TPSA) is 54.0 Å². The van der Waals surface area contributed by atoms with Gasteiger partial charge in [-0.05, 0) is 32.7 Å². The molecule has 1 aliphatic rings. The summed E-state index contributed by atoms with van der Waals surface area (Å²) in [7, 11) is 0. The predicted octanol–water partition coefficient (Wildman–Crippen LogP) is 2.17. The highest BCUT2D eigenvalue weighted by molar-refractivity contribution is 7.09. The van der Waals surface area contributed by atoms with Crippen LogP contribution in [0, 0.1) is 5.92 Å². The lowest BCUT2D eigenvalue weighted by atomic mass is 9.92. The van der Waals surface area contributed by atoms with Gasteiger partial charge in [0.25, 0.3) is 0 Å². The fraction of sp³-hybridized carbons (Fsp3) is 0.714. The third-order valence-electron chi connectivity index (χ3n) is 3.58. The minimum Gasteiger partial charge on any atom is -0.355 e. The summed E-state index contributed by atoms with van der Waals surface area (Å²) in [6.07, 6.45) is 3.72. The number of carbonyl (C=O) groups is 1. The number of aromatic nitrogens is 1. The summed E-state index contributed by atoms with van der Waals surface area (Å²) in [4.78, 5) is 16.5. The number of rotatable bonds is 5. The molecule has 2 N–H and O–H groups in total. The van der Waals surface area contributed by atoms with Crippen LogP contribution in [0.5, 0.6) is 0 Å². The summed E-state index contributed by atoms with van der Waals surface area (Å²) in [5.74, 6) is 0.386.